The number of carbonyl (C=O) groups is 2. The maximum atomic E-state index is 13.3. The van der Waals surface area contributed by atoms with Crippen LogP contribution in [0, 0.1) is 0 Å². The van der Waals surface area contributed by atoms with Gasteiger partial charge in [-0.2, -0.15) is 13.2 Å². The fraction of sp³-hybridized carbons (Fsp3) is 0.167. The Hall–Kier alpha value is -3.14. The molecule has 0 atom stereocenters. The lowest BCUT2D eigenvalue weighted by Gasteiger charge is -2.15. The lowest BCUT2D eigenvalue weighted by atomic mass is 10.1. The van der Waals surface area contributed by atoms with Crippen molar-refractivity contribution in [1.82, 2.24) is 4.98 Å². The Morgan fingerprint density at radius 2 is 2.00 bits per heavy atom. The lowest BCUT2D eigenvalue weighted by molar-refractivity contribution is -0.137. The number of hydrogen-bond acceptors (Lipinski definition) is 5. The molecular weight excluding hydrogens is 395 g/mol. The van der Waals surface area contributed by atoms with Crippen LogP contribution in [0.15, 0.2) is 46.4 Å². The van der Waals surface area contributed by atoms with E-state index in [2.05, 4.69) is 15.6 Å². The second-order valence-corrected chi connectivity index (χ2v) is 6.64. The smallest absolute Gasteiger partial charge is 0.418 e. The van der Waals surface area contributed by atoms with Crippen LogP contribution in [0.5, 0.6) is 0 Å². The molecule has 0 unspecified atom stereocenters. The van der Waals surface area contributed by atoms with Gasteiger partial charge < -0.3 is 15.1 Å². The van der Waals surface area contributed by atoms with E-state index in [1.807, 2.05) is 0 Å². The van der Waals surface area contributed by atoms with Gasteiger partial charge in [0.05, 0.1) is 29.6 Å². The van der Waals surface area contributed by atoms with Gasteiger partial charge in [-0.1, -0.05) is 0 Å². The highest BCUT2D eigenvalue weighted by Gasteiger charge is 2.34. The van der Waals surface area contributed by atoms with E-state index in [0.29, 0.717) is 16.5 Å². The highest BCUT2D eigenvalue weighted by atomic mass is 32.1. The van der Waals surface area contributed by atoms with E-state index < -0.39 is 29.2 Å². The molecule has 10 heteroatoms. The number of furan rings is 1. The first kappa shape index (κ1) is 19.6. The minimum Gasteiger partial charge on any atom is -0.462 e. The van der Waals surface area contributed by atoms with Crippen molar-refractivity contribution in [3.8, 4) is 10.8 Å². The number of benzene rings is 1. The quantitative estimate of drug-likeness (QED) is 0.647. The molecule has 0 saturated heterocycles. The van der Waals surface area contributed by atoms with Crippen LogP contribution in [-0.2, 0) is 22.2 Å². The van der Waals surface area contributed by atoms with Crippen LogP contribution in [0.1, 0.15) is 18.2 Å². The van der Waals surface area contributed by atoms with Crippen molar-refractivity contribution < 1.29 is 27.2 Å². The average Bonchev–Trinajstić information content (AvgIpc) is 3.26. The molecule has 0 fully saturated rings. The van der Waals surface area contributed by atoms with E-state index in [-0.39, 0.29) is 12.1 Å². The van der Waals surface area contributed by atoms with Crippen molar-refractivity contribution in [1.29, 1.82) is 0 Å². The third kappa shape index (κ3) is 4.77. The van der Waals surface area contributed by atoms with Crippen molar-refractivity contribution in [2.24, 2.45) is 0 Å². The molecule has 0 bridgehead atoms. The van der Waals surface area contributed by atoms with E-state index in [4.69, 9.17) is 4.42 Å². The molecule has 2 N–H and O–H groups in total. The molecule has 1 aromatic carbocycles. The fourth-order valence-electron chi connectivity index (χ4n) is 2.43. The summed E-state index contributed by atoms with van der Waals surface area (Å²) in [5.41, 5.74) is -1.05. The van der Waals surface area contributed by atoms with Crippen molar-refractivity contribution in [2.75, 3.05) is 10.6 Å². The zero-order chi connectivity index (χ0) is 20.3. The van der Waals surface area contributed by atoms with Gasteiger partial charge in [-0.05, 0) is 30.3 Å². The van der Waals surface area contributed by atoms with E-state index in [9.17, 15) is 22.8 Å². The standard InChI is InChI=1S/C18H14F3N3O3S/c1-10(25)22-11-4-5-14(13(7-11)18(19,20)21)24-16(26)8-12-9-28-17(23-12)15-3-2-6-27-15/h2-7,9H,8H2,1H3,(H,22,25)(H,24,26). The number of nitrogens with zero attached hydrogens (tertiary/aromatic N) is 1. The van der Waals surface area contributed by atoms with E-state index >= 15 is 0 Å². The minimum atomic E-state index is -4.70. The van der Waals surface area contributed by atoms with Crippen molar-refractivity contribution >= 4 is 34.5 Å². The Labute approximate surface area is 161 Å². The van der Waals surface area contributed by atoms with Gasteiger partial charge in [-0.15, -0.1) is 11.3 Å². The molecule has 2 aromatic heterocycles. The van der Waals surface area contributed by atoms with Gasteiger partial charge in [0, 0.05) is 18.0 Å². The largest absolute Gasteiger partial charge is 0.462 e. The van der Waals surface area contributed by atoms with Crippen LogP contribution >= 0.6 is 11.3 Å². The second kappa shape index (κ2) is 7.85. The summed E-state index contributed by atoms with van der Waals surface area (Å²) in [6, 6.07) is 6.57. The monoisotopic (exact) mass is 409 g/mol. The first-order chi connectivity index (χ1) is 13.2. The molecule has 28 heavy (non-hydrogen) atoms. The molecule has 0 aliphatic heterocycles. The third-order valence-electron chi connectivity index (χ3n) is 3.54. The number of halogens is 3. The topological polar surface area (TPSA) is 84.2 Å². The summed E-state index contributed by atoms with van der Waals surface area (Å²) in [7, 11) is 0. The number of nitrogens with one attached hydrogen (secondary N) is 2. The van der Waals surface area contributed by atoms with Crippen LogP contribution in [0.3, 0.4) is 0 Å². The summed E-state index contributed by atoms with van der Waals surface area (Å²) in [5, 5.41) is 6.76. The zero-order valence-electron chi connectivity index (χ0n) is 14.5. The molecule has 0 spiro atoms. The molecule has 2 heterocycles. The maximum Gasteiger partial charge on any atom is 0.418 e. The van der Waals surface area contributed by atoms with Crippen LogP contribution in [0.25, 0.3) is 10.8 Å². The van der Waals surface area contributed by atoms with E-state index in [1.165, 1.54) is 30.6 Å². The maximum absolute atomic E-state index is 13.3. The molecule has 0 aliphatic rings. The van der Waals surface area contributed by atoms with Gasteiger partial charge in [0.1, 0.15) is 0 Å². The highest BCUT2D eigenvalue weighted by molar-refractivity contribution is 7.13. The van der Waals surface area contributed by atoms with Gasteiger partial charge in [0.25, 0.3) is 0 Å². The normalized spacial score (nSPS) is 11.3. The van der Waals surface area contributed by atoms with E-state index in [0.717, 1.165) is 12.1 Å². The molecule has 0 radical (unpaired) electrons. The number of carbonyl (C=O) groups excluding carboxylic acids is 2. The minimum absolute atomic E-state index is 0.0135. The van der Waals surface area contributed by atoms with Crippen LogP contribution in [-0.4, -0.2) is 16.8 Å². The Morgan fingerprint density at radius 3 is 2.64 bits per heavy atom. The Balaban J connectivity index is 1.75. The predicted molar refractivity (Wildman–Crippen MR) is 97.9 cm³/mol. The second-order valence-electron chi connectivity index (χ2n) is 5.79. The van der Waals surface area contributed by atoms with Crippen molar-refractivity contribution in [3.05, 3.63) is 53.2 Å². The molecule has 6 nitrogen and oxygen atoms in total. The molecule has 2 amide bonds. The lowest BCUT2D eigenvalue weighted by Crippen LogP contribution is -2.19. The average molecular weight is 409 g/mol. The number of amides is 2. The first-order valence-electron chi connectivity index (χ1n) is 7.99. The van der Waals surface area contributed by atoms with Crippen molar-refractivity contribution in [2.45, 2.75) is 19.5 Å². The van der Waals surface area contributed by atoms with Gasteiger partial charge in [0.2, 0.25) is 11.8 Å². The number of rotatable bonds is 5. The number of hydrogen-bond donors (Lipinski definition) is 2. The molecule has 146 valence electrons. The summed E-state index contributed by atoms with van der Waals surface area (Å²) >= 11 is 1.27. The number of anilines is 2. The van der Waals surface area contributed by atoms with Crippen LogP contribution < -0.4 is 10.6 Å². The molecular formula is C18H14F3N3O3S. The Kier molecular flexibility index (Phi) is 5.50. The third-order valence-corrected chi connectivity index (χ3v) is 4.45. The van der Waals surface area contributed by atoms with Gasteiger partial charge in [0.15, 0.2) is 10.8 Å². The summed E-state index contributed by atoms with van der Waals surface area (Å²) in [5.74, 6) is -0.598. The molecule has 0 aliphatic carbocycles. The first-order valence-corrected chi connectivity index (χ1v) is 8.87. The van der Waals surface area contributed by atoms with Crippen LogP contribution in [0.2, 0.25) is 0 Å². The van der Waals surface area contributed by atoms with Gasteiger partial charge in [-0.3, -0.25) is 9.59 Å². The number of alkyl halides is 3. The zero-order valence-corrected chi connectivity index (χ0v) is 15.3. The predicted octanol–water partition coefficient (Wildman–Crippen LogP) is 4.56. The van der Waals surface area contributed by atoms with E-state index in [1.54, 1.807) is 17.5 Å². The number of thiazole rings is 1. The molecule has 3 rings (SSSR count). The van der Waals surface area contributed by atoms with Gasteiger partial charge >= 0.3 is 6.18 Å². The van der Waals surface area contributed by atoms with Crippen LogP contribution in [0.4, 0.5) is 24.5 Å². The SMILES string of the molecule is CC(=O)Nc1ccc(NC(=O)Cc2csc(-c3ccco3)n2)c(C(F)(F)F)c1. The van der Waals surface area contributed by atoms with Crippen molar-refractivity contribution in [3.63, 3.8) is 0 Å². The summed E-state index contributed by atoms with van der Waals surface area (Å²) < 4.78 is 45.2. The number of aromatic nitrogens is 1. The highest BCUT2D eigenvalue weighted by Crippen LogP contribution is 2.36. The van der Waals surface area contributed by atoms with Gasteiger partial charge in [-0.25, -0.2) is 4.98 Å². The summed E-state index contributed by atoms with van der Waals surface area (Å²) in [6.45, 7) is 1.19. The summed E-state index contributed by atoms with van der Waals surface area (Å²) in [4.78, 5) is 27.5. The fourth-order valence-corrected chi connectivity index (χ4v) is 3.22. The molecule has 0 saturated carbocycles. The Morgan fingerprint density at radius 1 is 1.21 bits per heavy atom. The Bertz CT molecular complexity index is 997. The summed E-state index contributed by atoms with van der Waals surface area (Å²) in [6.07, 6.45) is -3.40. The molecule has 3 aromatic rings.